The Bertz CT molecular complexity index is 1130. The van der Waals surface area contributed by atoms with E-state index in [9.17, 15) is 13.2 Å². The molecule has 3 aromatic rings. The summed E-state index contributed by atoms with van der Waals surface area (Å²) >= 11 is 5.97. The lowest BCUT2D eigenvalue weighted by Crippen LogP contribution is -2.30. The van der Waals surface area contributed by atoms with E-state index < -0.39 is 10.0 Å². The molecule has 7 heteroatoms. The van der Waals surface area contributed by atoms with Crippen molar-refractivity contribution < 1.29 is 17.6 Å². The van der Waals surface area contributed by atoms with Crippen LogP contribution in [0.3, 0.4) is 0 Å². The summed E-state index contributed by atoms with van der Waals surface area (Å²) in [5.74, 6) is 0.0458. The normalized spacial score (nSPS) is 14.0. The van der Waals surface area contributed by atoms with Crippen molar-refractivity contribution in [2.45, 2.75) is 13.3 Å². The second-order valence-corrected chi connectivity index (χ2v) is 8.81. The second-order valence-electron chi connectivity index (χ2n) is 6.19. The minimum atomic E-state index is -3.30. The summed E-state index contributed by atoms with van der Waals surface area (Å²) in [6.07, 6.45) is 0.589. The number of fused-ring (bicyclic) bond motifs is 2. The van der Waals surface area contributed by atoms with Crippen molar-refractivity contribution in [1.82, 2.24) is 0 Å². The summed E-state index contributed by atoms with van der Waals surface area (Å²) in [5, 5.41) is 1.34. The summed E-state index contributed by atoms with van der Waals surface area (Å²) in [7, 11) is -3.30. The van der Waals surface area contributed by atoms with Gasteiger partial charge in [-0.1, -0.05) is 11.6 Å². The molecular weight excluding hydrogens is 374 g/mol. The van der Waals surface area contributed by atoms with Crippen molar-refractivity contribution in [2.24, 2.45) is 0 Å². The molecular formula is C19H16ClNO4S. The zero-order chi connectivity index (χ0) is 18.5. The molecule has 0 bridgehead atoms. The van der Waals surface area contributed by atoms with Gasteiger partial charge in [0.25, 0.3) is 0 Å². The van der Waals surface area contributed by atoms with Crippen LogP contribution in [-0.4, -0.2) is 26.5 Å². The largest absolute Gasteiger partial charge is 0.453 e. The first-order valence-electron chi connectivity index (χ1n) is 8.26. The maximum absolute atomic E-state index is 12.8. The number of hydrogen-bond donors (Lipinski definition) is 0. The van der Waals surface area contributed by atoms with E-state index >= 15 is 0 Å². The lowest BCUT2D eigenvalue weighted by molar-refractivity contribution is 0.101. The van der Waals surface area contributed by atoms with Crippen LogP contribution in [0.5, 0.6) is 0 Å². The molecule has 0 saturated carbocycles. The molecule has 0 atom stereocenters. The van der Waals surface area contributed by atoms with Gasteiger partial charge in [0.2, 0.25) is 15.8 Å². The van der Waals surface area contributed by atoms with E-state index in [4.69, 9.17) is 16.0 Å². The zero-order valence-corrected chi connectivity index (χ0v) is 15.6. The summed E-state index contributed by atoms with van der Waals surface area (Å²) in [5.41, 5.74) is 2.58. The molecule has 1 aliphatic heterocycles. The van der Waals surface area contributed by atoms with Gasteiger partial charge in [-0.15, -0.1) is 0 Å². The molecule has 1 aromatic heterocycles. The van der Waals surface area contributed by atoms with Gasteiger partial charge >= 0.3 is 0 Å². The van der Waals surface area contributed by atoms with Crippen molar-refractivity contribution in [2.75, 3.05) is 16.6 Å². The number of furan rings is 1. The van der Waals surface area contributed by atoms with Crippen LogP contribution >= 0.6 is 11.6 Å². The van der Waals surface area contributed by atoms with E-state index in [-0.39, 0.29) is 17.3 Å². The molecule has 134 valence electrons. The molecule has 0 fully saturated rings. The highest BCUT2D eigenvalue weighted by Gasteiger charge is 2.29. The summed E-state index contributed by atoms with van der Waals surface area (Å²) in [4.78, 5) is 12.8. The van der Waals surface area contributed by atoms with Crippen LogP contribution in [0.1, 0.15) is 28.6 Å². The highest BCUT2D eigenvalue weighted by molar-refractivity contribution is 7.92. The van der Waals surface area contributed by atoms with Gasteiger partial charge in [0.05, 0.1) is 11.4 Å². The number of halogens is 1. The van der Waals surface area contributed by atoms with E-state index in [0.29, 0.717) is 34.8 Å². The molecule has 0 N–H and O–H groups in total. The van der Waals surface area contributed by atoms with E-state index in [1.54, 1.807) is 49.4 Å². The Hall–Kier alpha value is -2.31. The van der Waals surface area contributed by atoms with Crippen molar-refractivity contribution in [3.8, 4) is 0 Å². The van der Waals surface area contributed by atoms with Gasteiger partial charge in [-0.05, 0) is 61.4 Å². The van der Waals surface area contributed by atoms with Crippen LogP contribution in [-0.2, 0) is 16.4 Å². The number of carbonyl (C=O) groups is 1. The molecule has 0 aliphatic carbocycles. The fourth-order valence-electron chi connectivity index (χ4n) is 3.23. The van der Waals surface area contributed by atoms with E-state index in [0.717, 1.165) is 10.9 Å². The average molecular weight is 390 g/mol. The molecule has 26 heavy (non-hydrogen) atoms. The first-order chi connectivity index (χ1) is 12.4. The quantitative estimate of drug-likeness (QED) is 0.632. The molecule has 5 nitrogen and oxygen atoms in total. The summed E-state index contributed by atoms with van der Waals surface area (Å²) in [6, 6.07) is 11.9. The zero-order valence-electron chi connectivity index (χ0n) is 14.0. The number of anilines is 1. The summed E-state index contributed by atoms with van der Waals surface area (Å²) in [6.45, 7) is 2.03. The minimum absolute atomic E-state index is 0.0503. The maximum Gasteiger partial charge on any atom is 0.234 e. The Balaban J connectivity index is 1.69. The van der Waals surface area contributed by atoms with Gasteiger partial charge in [-0.2, -0.15) is 0 Å². The van der Waals surface area contributed by atoms with Crippen molar-refractivity contribution in [3.05, 3.63) is 64.4 Å². The number of nitrogens with zero attached hydrogens (tertiary/aromatic N) is 1. The maximum atomic E-state index is 12.8. The fraction of sp³-hybridized carbons (Fsp3) is 0.211. The number of sulfonamides is 1. The topological polar surface area (TPSA) is 67.6 Å². The molecule has 0 saturated heterocycles. The molecule has 0 unspecified atom stereocenters. The highest BCUT2D eigenvalue weighted by atomic mass is 35.5. The van der Waals surface area contributed by atoms with Crippen LogP contribution in [0.25, 0.3) is 11.0 Å². The fourth-order valence-corrected chi connectivity index (χ4v) is 4.57. The van der Waals surface area contributed by atoms with E-state index in [1.165, 1.54) is 4.31 Å². The molecule has 0 radical (unpaired) electrons. The molecule has 1 aliphatic rings. The Morgan fingerprint density at radius 2 is 2.00 bits per heavy atom. The lowest BCUT2D eigenvalue weighted by atomic mass is 10.0. The predicted octanol–water partition coefficient (Wildman–Crippen LogP) is 4.03. The van der Waals surface area contributed by atoms with Crippen LogP contribution in [0.2, 0.25) is 5.02 Å². The van der Waals surface area contributed by atoms with E-state index in [1.807, 2.05) is 0 Å². The highest BCUT2D eigenvalue weighted by Crippen LogP contribution is 2.32. The molecule has 0 amide bonds. The average Bonchev–Trinajstić information content (AvgIpc) is 3.24. The van der Waals surface area contributed by atoms with Crippen molar-refractivity contribution in [1.29, 1.82) is 0 Å². The minimum Gasteiger partial charge on any atom is -0.453 e. The van der Waals surface area contributed by atoms with Crippen molar-refractivity contribution >= 4 is 44.1 Å². The first-order valence-corrected chi connectivity index (χ1v) is 10.2. The SMILES string of the molecule is CCS(=O)(=O)N1CCc2cc(C(=O)c3cc4cc(Cl)ccc4o3)ccc21. The Labute approximate surface area is 156 Å². The van der Waals surface area contributed by atoms with Gasteiger partial charge in [-0.3, -0.25) is 9.10 Å². The Morgan fingerprint density at radius 3 is 2.77 bits per heavy atom. The Morgan fingerprint density at radius 1 is 1.19 bits per heavy atom. The van der Waals surface area contributed by atoms with E-state index in [2.05, 4.69) is 0 Å². The molecule has 2 heterocycles. The number of ketones is 1. The number of hydrogen-bond acceptors (Lipinski definition) is 4. The van der Waals surface area contributed by atoms with Crippen LogP contribution in [0, 0.1) is 0 Å². The van der Waals surface area contributed by atoms with Gasteiger partial charge in [0, 0.05) is 22.5 Å². The van der Waals surface area contributed by atoms with Crippen LogP contribution < -0.4 is 4.31 Å². The van der Waals surface area contributed by atoms with Crippen LogP contribution in [0.15, 0.2) is 46.9 Å². The van der Waals surface area contributed by atoms with Gasteiger partial charge in [-0.25, -0.2) is 8.42 Å². The lowest BCUT2D eigenvalue weighted by Gasteiger charge is -2.18. The second kappa shape index (κ2) is 6.14. The van der Waals surface area contributed by atoms with Crippen LogP contribution in [0.4, 0.5) is 5.69 Å². The summed E-state index contributed by atoms with van der Waals surface area (Å²) < 4.78 is 31.4. The number of rotatable bonds is 4. The standard InChI is InChI=1S/C19H16ClNO4S/c1-2-26(23,24)21-8-7-12-9-13(3-5-16(12)21)19(22)18-11-14-10-15(20)4-6-17(14)25-18/h3-6,9-11H,2,7-8H2,1H3. The molecule has 4 rings (SSSR count). The third-order valence-corrected chi connectivity index (χ3v) is 6.61. The Kier molecular flexibility index (Phi) is 4.04. The third kappa shape index (κ3) is 2.79. The van der Waals surface area contributed by atoms with Gasteiger partial charge in [0.1, 0.15) is 5.58 Å². The smallest absolute Gasteiger partial charge is 0.234 e. The number of carbonyl (C=O) groups excluding carboxylic acids is 1. The van der Waals surface area contributed by atoms with Gasteiger partial charge in [0.15, 0.2) is 5.76 Å². The predicted molar refractivity (Wildman–Crippen MR) is 102 cm³/mol. The first kappa shape index (κ1) is 17.1. The third-order valence-electron chi connectivity index (χ3n) is 4.60. The monoisotopic (exact) mass is 389 g/mol. The number of benzene rings is 2. The van der Waals surface area contributed by atoms with Crippen molar-refractivity contribution in [3.63, 3.8) is 0 Å². The molecule has 2 aromatic carbocycles. The molecule has 0 spiro atoms. The van der Waals surface area contributed by atoms with Gasteiger partial charge < -0.3 is 4.42 Å².